The van der Waals surface area contributed by atoms with E-state index in [1.54, 1.807) is 4.57 Å². The number of halogens is 1. The fraction of sp³-hybridized carbons (Fsp3) is 0.250. The number of hydrogen-bond donors (Lipinski definition) is 0. The average molecular weight is 447 g/mol. The maximum absolute atomic E-state index is 12.6. The Kier molecular flexibility index (Phi) is 5.92. The molecule has 1 amide bonds. The minimum absolute atomic E-state index is 0.00774. The lowest BCUT2D eigenvalue weighted by atomic mass is 10.0. The maximum Gasteiger partial charge on any atom is 0.325 e. The highest BCUT2D eigenvalue weighted by molar-refractivity contribution is 9.10. The molecule has 0 saturated carbocycles. The fourth-order valence-electron chi connectivity index (χ4n) is 2.83. The van der Waals surface area contributed by atoms with E-state index in [9.17, 15) is 9.59 Å². The van der Waals surface area contributed by atoms with Crippen LogP contribution < -0.4 is 4.80 Å². The van der Waals surface area contributed by atoms with Gasteiger partial charge in [0.15, 0.2) is 4.80 Å². The predicted molar refractivity (Wildman–Crippen MR) is 110 cm³/mol. The number of ether oxygens (including phenoxy) is 1. The van der Waals surface area contributed by atoms with Crippen molar-refractivity contribution in [3.8, 4) is 0 Å². The minimum Gasteiger partial charge on any atom is -0.468 e. The van der Waals surface area contributed by atoms with Gasteiger partial charge in [0, 0.05) is 4.47 Å². The summed E-state index contributed by atoms with van der Waals surface area (Å²) < 4.78 is 8.37. The SMILES string of the molecule is COC(=O)Cn1c(=NC(=O)Cc2ccc(C)cc2C)sc2cc(Br)ccc21. The third-order valence-electron chi connectivity index (χ3n) is 4.22. The molecule has 0 N–H and O–H groups in total. The van der Waals surface area contributed by atoms with Gasteiger partial charge in [-0.25, -0.2) is 0 Å². The van der Waals surface area contributed by atoms with Crippen molar-refractivity contribution in [2.45, 2.75) is 26.8 Å². The molecule has 5 nitrogen and oxygen atoms in total. The zero-order valence-corrected chi connectivity index (χ0v) is 17.7. The van der Waals surface area contributed by atoms with Gasteiger partial charge in [-0.2, -0.15) is 4.99 Å². The number of methoxy groups -OCH3 is 1. The summed E-state index contributed by atoms with van der Waals surface area (Å²) in [4.78, 5) is 29.2. The van der Waals surface area contributed by atoms with Crippen molar-refractivity contribution in [3.05, 3.63) is 62.4 Å². The van der Waals surface area contributed by atoms with Crippen LogP contribution in [0, 0.1) is 13.8 Å². The smallest absolute Gasteiger partial charge is 0.325 e. The molecule has 1 aromatic heterocycles. The van der Waals surface area contributed by atoms with Crippen molar-refractivity contribution < 1.29 is 14.3 Å². The molecule has 7 heteroatoms. The number of benzene rings is 2. The molecule has 0 unspecified atom stereocenters. The Morgan fingerprint density at radius 1 is 1.19 bits per heavy atom. The molecule has 140 valence electrons. The van der Waals surface area contributed by atoms with Crippen LogP contribution in [-0.2, 0) is 27.3 Å². The highest BCUT2D eigenvalue weighted by atomic mass is 79.9. The molecule has 3 rings (SSSR count). The van der Waals surface area contributed by atoms with Crippen LogP contribution in [0.4, 0.5) is 0 Å². The van der Waals surface area contributed by atoms with Crippen molar-refractivity contribution >= 4 is 49.4 Å². The van der Waals surface area contributed by atoms with Gasteiger partial charge in [0.25, 0.3) is 5.91 Å². The normalized spacial score (nSPS) is 11.8. The first-order valence-electron chi connectivity index (χ1n) is 8.37. The number of esters is 1. The monoisotopic (exact) mass is 446 g/mol. The van der Waals surface area contributed by atoms with Crippen molar-refractivity contribution in [3.63, 3.8) is 0 Å². The quantitative estimate of drug-likeness (QED) is 0.570. The minimum atomic E-state index is -0.388. The molecule has 0 radical (unpaired) electrons. The number of carbonyl (C=O) groups excluding carboxylic acids is 2. The molecule has 0 aliphatic heterocycles. The van der Waals surface area contributed by atoms with Gasteiger partial charge in [0.05, 0.1) is 23.7 Å². The summed E-state index contributed by atoms with van der Waals surface area (Å²) in [5.41, 5.74) is 4.03. The molecule has 0 atom stereocenters. The highest BCUT2D eigenvalue weighted by Crippen LogP contribution is 2.22. The van der Waals surface area contributed by atoms with Crippen molar-refractivity contribution in [1.82, 2.24) is 4.57 Å². The fourth-order valence-corrected chi connectivity index (χ4v) is 4.43. The van der Waals surface area contributed by atoms with Crippen LogP contribution in [0.2, 0.25) is 0 Å². The first-order chi connectivity index (χ1) is 12.9. The first-order valence-corrected chi connectivity index (χ1v) is 9.97. The summed E-state index contributed by atoms with van der Waals surface area (Å²) in [6.07, 6.45) is 0.224. The lowest BCUT2D eigenvalue weighted by molar-refractivity contribution is -0.141. The highest BCUT2D eigenvalue weighted by Gasteiger charge is 2.13. The van der Waals surface area contributed by atoms with Gasteiger partial charge in [-0.05, 0) is 43.2 Å². The van der Waals surface area contributed by atoms with Gasteiger partial charge in [-0.1, -0.05) is 51.0 Å². The molecule has 0 aliphatic rings. The van der Waals surface area contributed by atoms with Crippen molar-refractivity contribution in [2.75, 3.05) is 7.11 Å². The third kappa shape index (κ3) is 4.54. The molecule has 0 saturated heterocycles. The number of nitrogens with zero attached hydrogens (tertiary/aromatic N) is 2. The van der Waals surface area contributed by atoms with E-state index >= 15 is 0 Å². The summed E-state index contributed by atoms with van der Waals surface area (Å²) in [7, 11) is 1.34. The number of fused-ring (bicyclic) bond motifs is 1. The van der Waals surface area contributed by atoms with E-state index < -0.39 is 0 Å². The molecular formula is C20H19BrN2O3S. The molecule has 0 aliphatic carbocycles. The molecule has 0 bridgehead atoms. The van der Waals surface area contributed by atoms with Gasteiger partial charge >= 0.3 is 5.97 Å². The molecule has 2 aromatic carbocycles. The number of aryl methyl sites for hydroxylation is 2. The lowest BCUT2D eigenvalue weighted by Crippen LogP contribution is -2.22. The van der Waals surface area contributed by atoms with E-state index in [0.29, 0.717) is 4.80 Å². The van der Waals surface area contributed by atoms with Crippen molar-refractivity contribution in [1.29, 1.82) is 0 Å². The first kappa shape index (κ1) is 19.5. The van der Waals surface area contributed by atoms with E-state index in [1.807, 2.05) is 44.2 Å². The zero-order chi connectivity index (χ0) is 19.6. The Bertz CT molecular complexity index is 1100. The van der Waals surface area contributed by atoms with Crippen LogP contribution in [0.3, 0.4) is 0 Å². The number of thiazole rings is 1. The summed E-state index contributed by atoms with van der Waals surface area (Å²) in [6, 6.07) is 11.7. The van der Waals surface area contributed by atoms with E-state index in [4.69, 9.17) is 4.74 Å². The standard InChI is InChI=1S/C20H19BrN2O3S/c1-12-4-5-14(13(2)8-12)9-18(24)22-20-23(11-19(25)26-3)16-7-6-15(21)10-17(16)27-20/h4-8,10H,9,11H2,1-3H3. The largest absolute Gasteiger partial charge is 0.468 e. The van der Waals surface area contributed by atoms with Gasteiger partial charge in [0.2, 0.25) is 0 Å². The average Bonchev–Trinajstić information content (AvgIpc) is 2.93. The van der Waals surface area contributed by atoms with Crippen molar-refractivity contribution in [2.24, 2.45) is 4.99 Å². The summed E-state index contributed by atoms with van der Waals surface area (Å²) in [5.74, 6) is -0.632. The number of carbonyl (C=O) groups is 2. The summed E-state index contributed by atoms with van der Waals surface area (Å²) in [5, 5.41) is 0. The Hall–Kier alpha value is -2.25. The molecule has 3 aromatic rings. The second kappa shape index (κ2) is 8.19. The number of rotatable bonds is 4. The second-order valence-corrected chi connectivity index (χ2v) is 8.20. The van der Waals surface area contributed by atoms with Gasteiger partial charge in [-0.3, -0.25) is 9.59 Å². The molecule has 0 spiro atoms. The van der Waals surface area contributed by atoms with Crippen LogP contribution >= 0.6 is 27.3 Å². The molecule has 0 fully saturated rings. The number of hydrogen-bond acceptors (Lipinski definition) is 4. The molecule has 27 heavy (non-hydrogen) atoms. The van der Waals surface area contributed by atoms with E-state index in [2.05, 4.69) is 27.0 Å². The van der Waals surface area contributed by atoms with E-state index in [1.165, 1.54) is 18.4 Å². The maximum atomic E-state index is 12.6. The van der Waals surface area contributed by atoms with Crippen LogP contribution in [-0.4, -0.2) is 23.6 Å². The van der Waals surface area contributed by atoms with E-state index in [0.717, 1.165) is 31.4 Å². The van der Waals surface area contributed by atoms with Crippen LogP contribution in [0.15, 0.2) is 45.9 Å². The van der Waals surface area contributed by atoms with Crippen LogP contribution in [0.5, 0.6) is 0 Å². The summed E-state index contributed by atoms with van der Waals surface area (Å²) in [6.45, 7) is 4.02. The Morgan fingerprint density at radius 2 is 1.96 bits per heavy atom. The topological polar surface area (TPSA) is 60.7 Å². The second-order valence-electron chi connectivity index (χ2n) is 6.27. The number of amides is 1. The Balaban J connectivity index is 2.01. The van der Waals surface area contributed by atoms with Gasteiger partial charge < -0.3 is 9.30 Å². The third-order valence-corrected chi connectivity index (χ3v) is 5.75. The van der Waals surface area contributed by atoms with Crippen LogP contribution in [0.25, 0.3) is 10.2 Å². The van der Waals surface area contributed by atoms with Crippen LogP contribution in [0.1, 0.15) is 16.7 Å². The predicted octanol–water partition coefficient (Wildman–Crippen LogP) is 3.93. The summed E-state index contributed by atoms with van der Waals surface area (Å²) >= 11 is 4.82. The zero-order valence-electron chi connectivity index (χ0n) is 15.3. The van der Waals surface area contributed by atoms with Gasteiger partial charge in [-0.15, -0.1) is 0 Å². The van der Waals surface area contributed by atoms with Gasteiger partial charge in [0.1, 0.15) is 6.54 Å². The Labute approximate surface area is 169 Å². The van der Waals surface area contributed by atoms with E-state index in [-0.39, 0.29) is 24.8 Å². The molecule has 1 heterocycles. The molecular weight excluding hydrogens is 428 g/mol. The number of aromatic nitrogens is 1. The lowest BCUT2D eigenvalue weighted by Gasteiger charge is -2.05. The Morgan fingerprint density at radius 3 is 2.67 bits per heavy atom.